The zero-order valence-corrected chi connectivity index (χ0v) is 14.2. The minimum absolute atomic E-state index is 0.0527. The average Bonchev–Trinajstić information content (AvgIpc) is 3.20. The van der Waals surface area contributed by atoms with Crippen molar-refractivity contribution in [2.24, 2.45) is 0 Å². The molecule has 0 radical (unpaired) electrons. The topological polar surface area (TPSA) is 58.9 Å². The molecular weight excluding hydrogens is 393 g/mol. The van der Waals surface area contributed by atoms with Gasteiger partial charge in [-0.05, 0) is 30.7 Å². The quantitative estimate of drug-likeness (QED) is 0.470. The van der Waals surface area contributed by atoms with Crippen LogP contribution in [0.3, 0.4) is 0 Å². The van der Waals surface area contributed by atoms with Crippen LogP contribution in [-0.2, 0) is 6.18 Å². The number of H-pyrrole nitrogens is 1. The monoisotopic (exact) mass is 401 g/mol. The normalized spacial score (nSPS) is 12.6. The number of benzene rings is 1. The summed E-state index contributed by atoms with van der Waals surface area (Å²) in [7, 11) is 0. The summed E-state index contributed by atoms with van der Waals surface area (Å²) in [5.74, 6) is -0.853. The van der Waals surface area contributed by atoms with Crippen LogP contribution in [0.15, 0.2) is 24.4 Å². The van der Waals surface area contributed by atoms with E-state index >= 15 is 0 Å². The van der Waals surface area contributed by atoms with Crippen molar-refractivity contribution >= 4 is 28.2 Å². The van der Waals surface area contributed by atoms with E-state index in [2.05, 4.69) is 20.3 Å². The Morgan fingerprint density at radius 3 is 2.59 bits per heavy atom. The highest BCUT2D eigenvalue weighted by molar-refractivity contribution is 6.35. The first kappa shape index (κ1) is 17.7. The molecule has 0 fully saturated rings. The van der Waals surface area contributed by atoms with Gasteiger partial charge in [-0.25, -0.2) is 18.3 Å². The highest BCUT2D eigenvalue weighted by Gasteiger charge is 2.37. The summed E-state index contributed by atoms with van der Waals surface area (Å²) in [5.41, 5.74) is -0.969. The fraction of sp³-hybridized carbons (Fsp3) is 0.188. The molecule has 4 aromatic rings. The largest absolute Gasteiger partial charge is 0.418 e. The molecule has 11 heteroatoms. The summed E-state index contributed by atoms with van der Waals surface area (Å²) in [5, 5.41) is 10.7. The number of nitrogens with zero attached hydrogens (tertiary/aromatic N) is 4. The summed E-state index contributed by atoms with van der Waals surface area (Å²) in [6.45, 7) is 1.35. The van der Waals surface area contributed by atoms with Crippen LogP contribution in [0.25, 0.3) is 27.8 Å². The Balaban J connectivity index is 2.14. The second kappa shape index (κ2) is 5.88. The van der Waals surface area contributed by atoms with Crippen LogP contribution in [0, 0.1) is 6.92 Å². The number of aromatic nitrogens is 5. The van der Waals surface area contributed by atoms with Crippen LogP contribution >= 0.6 is 11.6 Å². The number of alkyl halides is 5. The molecule has 4 rings (SSSR count). The van der Waals surface area contributed by atoms with Crippen molar-refractivity contribution in [1.29, 1.82) is 0 Å². The molecule has 27 heavy (non-hydrogen) atoms. The van der Waals surface area contributed by atoms with Gasteiger partial charge < -0.3 is 0 Å². The van der Waals surface area contributed by atoms with Gasteiger partial charge in [0.2, 0.25) is 5.82 Å². The summed E-state index contributed by atoms with van der Waals surface area (Å²) in [6.07, 6.45) is -6.37. The SMILES string of the molecule is Cc1cc(C(F)(F)F)c(-c2cc(Cl)c3[nH]ncc3c2)n2nc(C(F)F)nc12. The molecule has 3 heterocycles. The lowest BCUT2D eigenvalue weighted by atomic mass is 10.0. The predicted molar refractivity (Wildman–Crippen MR) is 87.8 cm³/mol. The second-order valence-corrected chi connectivity index (χ2v) is 6.29. The number of rotatable bonds is 2. The molecular formula is C16H9ClF5N5. The van der Waals surface area contributed by atoms with E-state index in [0.717, 1.165) is 10.6 Å². The van der Waals surface area contributed by atoms with Gasteiger partial charge in [0.15, 0.2) is 5.65 Å². The number of nitrogens with one attached hydrogen (secondary N) is 1. The summed E-state index contributed by atoms with van der Waals surface area (Å²) in [4.78, 5) is 3.68. The molecule has 0 unspecified atom stereocenters. The van der Waals surface area contributed by atoms with Gasteiger partial charge >= 0.3 is 6.18 Å². The fourth-order valence-corrected chi connectivity index (χ4v) is 3.21. The van der Waals surface area contributed by atoms with Crippen LogP contribution in [0.2, 0.25) is 5.02 Å². The molecule has 0 aliphatic heterocycles. The average molecular weight is 402 g/mol. The van der Waals surface area contributed by atoms with Crippen molar-refractivity contribution in [3.8, 4) is 11.3 Å². The summed E-state index contributed by atoms with van der Waals surface area (Å²) < 4.78 is 68.0. The molecule has 5 nitrogen and oxygen atoms in total. The van der Waals surface area contributed by atoms with Crippen molar-refractivity contribution in [2.45, 2.75) is 19.5 Å². The van der Waals surface area contributed by atoms with Gasteiger partial charge in [0.25, 0.3) is 6.43 Å². The Bertz CT molecular complexity index is 1180. The van der Waals surface area contributed by atoms with E-state index in [0.29, 0.717) is 10.9 Å². The van der Waals surface area contributed by atoms with E-state index in [1.807, 2.05) is 0 Å². The number of pyridine rings is 1. The fourth-order valence-electron chi connectivity index (χ4n) is 2.94. The first-order chi connectivity index (χ1) is 12.7. The van der Waals surface area contributed by atoms with Crippen LogP contribution in [0.4, 0.5) is 22.0 Å². The van der Waals surface area contributed by atoms with E-state index in [4.69, 9.17) is 11.6 Å². The van der Waals surface area contributed by atoms with E-state index in [-0.39, 0.29) is 21.8 Å². The maximum atomic E-state index is 13.7. The highest BCUT2D eigenvalue weighted by Crippen LogP contribution is 2.40. The van der Waals surface area contributed by atoms with Gasteiger partial charge in [-0.1, -0.05) is 11.6 Å². The Morgan fingerprint density at radius 2 is 1.93 bits per heavy atom. The van der Waals surface area contributed by atoms with E-state index < -0.39 is 29.7 Å². The van der Waals surface area contributed by atoms with Gasteiger partial charge in [0.05, 0.1) is 28.0 Å². The summed E-state index contributed by atoms with van der Waals surface area (Å²) in [6, 6.07) is 3.58. The van der Waals surface area contributed by atoms with Crippen LogP contribution in [0.5, 0.6) is 0 Å². The molecule has 1 N–H and O–H groups in total. The molecule has 140 valence electrons. The molecule has 1 aromatic carbocycles. The first-order valence-electron chi connectivity index (χ1n) is 7.55. The lowest BCUT2D eigenvalue weighted by Gasteiger charge is -2.16. The van der Waals surface area contributed by atoms with Gasteiger partial charge in [-0.3, -0.25) is 5.10 Å². The molecule has 0 atom stereocenters. The Labute approximate surface area is 152 Å². The molecule has 3 aromatic heterocycles. The van der Waals surface area contributed by atoms with Crippen LogP contribution < -0.4 is 0 Å². The zero-order valence-electron chi connectivity index (χ0n) is 13.4. The van der Waals surface area contributed by atoms with Gasteiger partial charge in [0.1, 0.15) is 0 Å². The number of aromatic amines is 1. The third-order valence-corrected chi connectivity index (χ3v) is 4.38. The van der Waals surface area contributed by atoms with Crippen molar-refractivity contribution in [3.63, 3.8) is 0 Å². The minimum Gasteiger partial charge on any atom is -0.276 e. The molecule has 0 saturated carbocycles. The maximum absolute atomic E-state index is 13.7. The Hall–Kier alpha value is -2.75. The van der Waals surface area contributed by atoms with Crippen LogP contribution in [-0.4, -0.2) is 24.8 Å². The lowest BCUT2D eigenvalue weighted by Crippen LogP contribution is -2.12. The predicted octanol–water partition coefficient (Wildman–Crippen LogP) is 5.19. The smallest absolute Gasteiger partial charge is 0.276 e. The number of hydrogen-bond donors (Lipinski definition) is 1. The highest BCUT2D eigenvalue weighted by atomic mass is 35.5. The standard InChI is InChI=1S/C16H9ClF5N5/c1-6-2-9(16(20,21)22)12(27-15(6)24-14(26-27)13(18)19)7-3-8-5-23-25-11(8)10(17)4-7/h2-5,13H,1H3,(H,23,25). The van der Waals surface area contributed by atoms with Gasteiger partial charge in [-0.2, -0.15) is 18.3 Å². The number of hydrogen-bond acceptors (Lipinski definition) is 3. The van der Waals surface area contributed by atoms with Gasteiger partial charge in [0, 0.05) is 10.9 Å². The first-order valence-corrected chi connectivity index (χ1v) is 7.93. The van der Waals surface area contributed by atoms with Crippen molar-refractivity contribution < 1.29 is 22.0 Å². The molecule has 0 saturated heterocycles. The van der Waals surface area contributed by atoms with Crippen molar-refractivity contribution in [1.82, 2.24) is 24.8 Å². The lowest BCUT2D eigenvalue weighted by molar-refractivity contribution is -0.137. The maximum Gasteiger partial charge on any atom is 0.418 e. The molecule has 0 spiro atoms. The third-order valence-electron chi connectivity index (χ3n) is 4.08. The third kappa shape index (κ3) is 2.80. The Morgan fingerprint density at radius 1 is 1.19 bits per heavy atom. The number of aryl methyl sites for hydroxylation is 1. The van der Waals surface area contributed by atoms with E-state index in [1.54, 1.807) is 0 Å². The number of halogens is 6. The van der Waals surface area contributed by atoms with E-state index in [1.165, 1.54) is 25.3 Å². The Kier molecular flexibility index (Phi) is 3.84. The molecule has 0 aliphatic rings. The zero-order chi connectivity index (χ0) is 19.5. The molecule has 0 bridgehead atoms. The summed E-state index contributed by atoms with van der Waals surface area (Å²) >= 11 is 6.14. The van der Waals surface area contributed by atoms with Crippen molar-refractivity contribution in [3.05, 3.63) is 46.4 Å². The number of fused-ring (bicyclic) bond motifs is 2. The minimum atomic E-state index is -4.75. The van der Waals surface area contributed by atoms with Crippen molar-refractivity contribution in [2.75, 3.05) is 0 Å². The second-order valence-electron chi connectivity index (χ2n) is 5.89. The van der Waals surface area contributed by atoms with Crippen LogP contribution in [0.1, 0.15) is 23.4 Å². The van der Waals surface area contributed by atoms with Gasteiger partial charge in [-0.15, -0.1) is 5.10 Å². The van der Waals surface area contributed by atoms with E-state index in [9.17, 15) is 22.0 Å². The molecule has 0 aliphatic carbocycles. The molecule has 0 amide bonds.